The van der Waals surface area contributed by atoms with Gasteiger partial charge in [-0.25, -0.2) is 0 Å². The van der Waals surface area contributed by atoms with Crippen molar-refractivity contribution in [3.63, 3.8) is 0 Å². The molecule has 0 aromatic heterocycles. The normalized spacial score (nSPS) is 12.8. The Morgan fingerprint density at radius 3 is 2.67 bits per heavy atom. The molecule has 0 radical (unpaired) electrons. The first-order valence-corrected chi connectivity index (χ1v) is 5.10. The lowest BCUT2D eigenvalue weighted by Gasteiger charge is -2.04. The smallest absolute Gasteiger partial charge is 0.320 e. The molecule has 0 fully saturated rings. The molecule has 0 aliphatic heterocycles. The number of thioether (sulfide) groups is 1. The summed E-state index contributed by atoms with van der Waals surface area (Å²) in [6.07, 6.45) is 1.51. The van der Waals surface area contributed by atoms with Gasteiger partial charge < -0.3 is 16.6 Å². The molecule has 0 saturated carbocycles. The van der Waals surface area contributed by atoms with E-state index in [0.29, 0.717) is 13.0 Å². The maximum Gasteiger partial charge on any atom is 0.320 e. The van der Waals surface area contributed by atoms with Gasteiger partial charge in [0.1, 0.15) is 6.04 Å². The molecule has 4 nitrogen and oxygen atoms in total. The van der Waals surface area contributed by atoms with Crippen LogP contribution in [0.1, 0.15) is 12.8 Å². The molecule has 0 amide bonds. The van der Waals surface area contributed by atoms with Gasteiger partial charge in [0.15, 0.2) is 0 Å². The highest BCUT2D eigenvalue weighted by molar-refractivity contribution is 7.99. The van der Waals surface area contributed by atoms with Crippen LogP contribution in [0.5, 0.6) is 0 Å². The number of carboxylic acid groups (broad SMARTS) is 1. The van der Waals surface area contributed by atoms with Crippen molar-refractivity contribution in [3.8, 4) is 0 Å². The zero-order chi connectivity index (χ0) is 9.40. The van der Waals surface area contributed by atoms with Crippen molar-refractivity contribution in [2.24, 2.45) is 11.5 Å². The summed E-state index contributed by atoms with van der Waals surface area (Å²) in [6, 6.07) is -0.713. The van der Waals surface area contributed by atoms with Crippen LogP contribution in [0, 0.1) is 0 Å². The Balaban J connectivity index is 3.14. The van der Waals surface area contributed by atoms with E-state index in [1.807, 2.05) is 0 Å². The van der Waals surface area contributed by atoms with E-state index in [4.69, 9.17) is 16.6 Å². The predicted molar refractivity (Wildman–Crippen MR) is 51.2 cm³/mol. The summed E-state index contributed by atoms with van der Waals surface area (Å²) in [6.45, 7) is 0.692. The number of carboxylic acids is 1. The molecule has 1 unspecified atom stereocenters. The quantitative estimate of drug-likeness (QED) is 0.489. The molecule has 0 aliphatic rings. The molecule has 12 heavy (non-hydrogen) atoms. The molecule has 0 spiro atoms. The molecule has 72 valence electrons. The number of carbonyl (C=O) groups is 1. The highest BCUT2D eigenvalue weighted by atomic mass is 32.2. The average molecular weight is 192 g/mol. The molecule has 0 bridgehead atoms. The molecule has 0 saturated heterocycles. The number of aliphatic carboxylic acids is 1. The number of rotatable bonds is 7. The second-order valence-corrected chi connectivity index (χ2v) is 3.71. The van der Waals surface area contributed by atoms with Gasteiger partial charge in [-0.2, -0.15) is 11.8 Å². The SMILES string of the molecule is NCCCSCCC(N)C(=O)O. The zero-order valence-corrected chi connectivity index (χ0v) is 7.85. The summed E-state index contributed by atoms with van der Waals surface area (Å²) in [5, 5.41) is 8.43. The van der Waals surface area contributed by atoms with Gasteiger partial charge in [-0.15, -0.1) is 0 Å². The number of hydrogen-bond donors (Lipinski definition) is 3. The van der Waals surface area contributed by atoms with Crippen LogP contribution in [0.25, 0.3) is 0 Å². The van der Waals surface area contributed by atoms with Gasteiger partial charge in [-0.1, -0.05) is 0 Å². The van der Waals surface area contributed by atoms with Crippen LogP contribution in [0.2, 0.25) is 0 Å². The summed E-state index contributed by atoms with van der Waals surface area (Å²) in [5.41, 5.74) is 10.6. The topological polar surface area (TPSA) is 89.3 Å². The van der Waals surface area contributed by atoms with Gasteiger partial charge in [0.05, 0.1) is 0 Å². The summed E-state index contributed by atoms with van der Waals surface area (Å²) < 4.78 is 0. The fourth-order valence-corrected chi connectivity index (χ4v) is 1.62. The van der Waals surface area contributed by atoms with Crippen LogP contribution in [0.3, 0.4) is 0 Å². The van der Waals surface area contributed by atoms with Crippen molar-refractivity contribution < 1.29 is 9.90 Å². The van der Waals surface area contributed by atoms with Crippen molar-refractivity contribution in [1.82, 2.24) is 0 Å². The Morgan fingerprint density at radius 2 is 2.17 bits per heavy atom. The van der Waals surface area contributed by atoms with Crippen molar-refractivity contribution in [3.05, 3.63) is 0 Å². The Hall–Kier alpha value is -0.260. The molecular formula is C7H16N2O2S. The summed E-state index contributed by atoms with van der Waals surface area (Å²) in [7, 11) is 0. The lowest BCUT2D eigenvalue weighted by molar-refractivity contribution is -0.138. The number of hydrogen-bond acceptors (Lipinski definition) is 4. The van der Waals surface area contributed by atoms with Gasteiger partial charge in [0.25, 0.3) is 0 Å². The van der Waals surface area contributed by atoms with Crippen LogP contribution in [0.15, 0.2) is 0 Å². The van der Waals surface area contributed by atoms with Crippen LogP contribution >= 0.6 is 11.8 Å². The van der Waals surface area contributed by atoms with E-state index in [1.54, 1.807) is 11.8 Å². The minimum Gasteiger partial charge on any atom is -0.480 e. The van der Waals surface area contributed by atoms with Crippen molar-refractivity contribution >= 4 is 17.7 Å². The Bertz CT molecular complexity index is 133. The van der Waals surface area contributed by atoms with Gasteiger partial charge >= 0.3 is 5.97 Å². The third-order valence-corrected chi connectivity index (χ3v) is 2.48. The molecule has 0 aromatic carbocycles. The Labute approximate surface area is 76.7 Å². The Morgan fingerprint density at radius 1 is 1.50 bits per heavy atom. The molecule has 0 rings (SSSR count). The van der Waals surface area contributed by atoms with Crippen LogP contribution in [-0.2, 0) is 4.79 Å². The van der Waals surface area contributed by atoms with Gasteiger partial charge in [0.2, 0.25) is 0 Å². The van der Waals surface area contributed by atoms with Gasteiger partial charge in [0, 0.05) is 0 Å². The monoisotopic (exact) mass is 192 g/mol. The molecular weight excluding hydrogens is 176 g/mol. The molecule has 0 heterocycles. The molecule has 5 heteroatoms. The molecule has 5 N–H and O–H groups in total. The van der Waals surface area contributed by atoms with E-state index >= 15 is 0 Å². The fourth-order valence-electron chi connectivity index (χ4n) is 0.621. The van der Waals surface area contributed by atoms with Crippen LogP contribution in [-0.4, -0.2) is 35.2 Å². The maximum atomic E-state index is 10.3. The Kier molecular flexibility index (Phi) is 7.23. The third kappa shape index (κ3) is 6.45. The van der Waals surface area contributed by atoms with Crippen LogP contribution in [0.4, 0.5) is 0 Å². The largest absolute Gasteiger partial charge is 0.480 e. The predicted octanol–water partition coefficient (Wildman–Crippen LogP) is -0.130. The van der Waals surface area contributed by atoms with Crippen molar-refractivity contribution in [1.29, 1.82) is 0 Å². The number of nitrogens with two attached hydrogens (primary N) is 2. The summed E-state index contributed by atoms with van der Waals surface area (Å²) in [4.78, 5) is 10.3. The van der Waals surface area contributed by atoms with E-state index in [2.05, 4.69) is 0 Å². The lowest BCUT2D eigenvalue weighted by atomic mass is 10.2. The van der Waals surface area contributed by atoms with E-state index < -0.39 is 12.0 Å². The minimum absolute atomic E-state index is 0.532. The van der Waals surface area contributed by atoms with E-state index in [1.165, 1.54) is 0 Å². The highest BCUT2D eigenvalue weighted by Crippen LogP contribution is 2.05. The van der Waals surface area contributed by atoms with Gasteiger partial charge in [-0.3, -0.25) is 4.79 Å². The van der Waals surface area contributed by atoms with E-state index in [9.17, 15) is 4.79 Å². The van der Waals surface area contributed by atoms with Crippen molar-refractivity contribution in [2.75, 3.05) is 18.1 Å². The third-order valence-electron chi connectivity index (χ3n) is 1.38. The first kappa shape index (κ1) is 11.7. The first-order chi connectivity index (χ1) is 5.68. The first-order valence-electron chi connectivity index (χ1n) is 3.94. The molecule has 1 atom stereocenters. The molecule has 0 aliphatic carbocycles. The second-order valence-electron chi connectivity index (χ2n) is 2.49. The highest BCUT2D eigenvalue weighted by Gasteiger charge is 2.09. The van der Waals surface area contributed by atoms with Crippen LogP contribution < -0.4 is 11.5 Å². The zero-order valence-electron chi connectivity index (χ0n) is 7.03. The summed E-state index contributed by atoms with van der Waals surface area (Å²) >= 11 is 1.70. The maximum absolute atomic E-state index is 10.3. The lowest BCUT2D eigenvalue weighted by Crippen LogP contribution is -2.30. The molecule has 0 aromatic rings. The summed E-state index contributed by atoms with van der Waals surface area (Å²) in [5.74, 6) is 0.866. The fraction of sp³-hybridized carbons (Fsp3) is 0.857. The van der Waals surface area contributed by atoms with Crippen molar-refractivity contribution in [2.45, 2.75) is 18.9 Å². The average Bonchev–Trinajstić information content (AvgIpc) is 2.03. The van der Waals surface area contributed by atoms with E-state index in [-0.39, 0.29) is 0 Å². The van der Waals surface area contributed by atoms with Gasteiger partial charge in [-0.05, 0) is 30.9 Å². The standard InChI is InChI=1S/C7H16N2O2S/c8-3-1-4-12-5-2-6(9)7(10)11/h6H,1-5,8-9H2,(H,10,11). The van der Waals surface area contributed by atoms with E-state index in [0.717, 1.165) is 17.9 Å². The second kappa shape index (κ2) is 7.39. The minimum atomic E-state index is -0.922.